The molecule has 0 fully saturated rings. The summed E-state index contributed by atoms with van der Waals surface area (Å²) in [6, 6.07) is 6.03. The Labute approximate surface area is 110 Å². The van der Waals surface area contributed by atoms with Crippen molar-refractivity contribution >= 4 is 11.8 Å². The molecule has 104 valence electrons. The van der Waals surface area contributed by atoms with E-state index in [0.717, 1.165) is 19.3 Å². The number of carbonyl (C=O) groups is 1. The van der Waals surface area contributed by atoms with E-state index in [0.29, 0.717) is 18.9 Å². The molecule has 1 aromatic rings. The molecule has 19 heavy (non-hydrogen) atoms. The number of ether oxygens (including phenoxy) is 1. The number of hydrogen-bond donors (Lipinski definition) is 2. The second-order valence-corrected chi connectivity index (χ2v) is 3.90. The number of nitrogens with zero attached hydrogens (tertiary/aromatic N) is 1. The molecule has 0 spiro atoms. The molecule has 0 saturated carbocycles. The van der Waals surface area contributed by atoms with Crippen LogP contribution >= 0.6 is 0 Å². The van der Waals surface area contributed by atoms with Crippen LogP contribution in [0.2, 0.25) is 0 Å². The van der Waals surface area contributed by atoms with Gasteiger partial charge in [0.05, 0.1) is 17.6 Å². The molecular formula is C12H16N2O5. The van der Waals surface area contributed by atoms with Gasteiger partial charge in [-0.15, -0.1) is 0 Å². The van der Waals surface area contributed by atoms with E-state index in [1.165, 1.54) is 12.1 Å². The highest BCUT2D eigenvalue weighted by molar-refractivity contribution is 5.64. The number of rotatable bonds is 8. The zero-order chi connectivity index (χ0) is 14.1. The lowest BCUT2D eigenvalue weighted by molar-refractivity contribution is -0.384. The van der Waals surface area contributed by atoms with Gasteiger partial charge in [0.25, 0.3) is 5.69 Å². The zero-order valence-electron chi connectivity index (χ0n) is 10.4. The van der Waals surface area contributed by atoms with Gasteiger partial charge in [-0.25, -0.2) is 4.79 Å². The van der Waals surface area contributed by atoms with E-state index in [1.54, 1.807) is 12.1 Å². The van der Waals surface area contributed by atoms with Crippen molar-refractivity contribution in [3.05, 3.63) is 34.4 Å². The third-order valence-corrected chi connectivity index (χ3v) is 2.39. The molecule has 0 atom stereocenters. The molecule has 0 aromatic heterocycles. The topological polar surface area (TPSA) is 102 Å². The predicted molar refractivity (Wildman–Crippen MR) is 68.5 cm³/mol. The minimum absolute atomic E-state index is 0.00292. The second-order valence-electron chi connectivity index (χ2n) is 3.90. The number of hydrogen-bond acceptors (Lipinski definition) is 4. The number of carboxylic acid groups (broad SMARTS) is 1. The average molecular weight is 268 g/mol. The monoisotopic (exact) mass is 268 g/mol. The fraction of sp³-hybridized carbons (Fsp3) is 0.417. The molecule has 1 rings (SSSR count). The Kier molecular flexibility index (Phi) is 6.14. The zero-order valence-corrected chi connectivity index (χ0v) is 10.4. The molecule has 0 radical (unpaired) electrons. The maximum Gasteiger partial charge on any atom is 0.404 e. The quantitative estimate of drug-likeness (QED) is 0.428. The van der Waals surface area contributed by atoms with E-state index >= 15 is 0 Å². The first-order chi connectivity index (χ1) is 9.09. The van der Waals surface area contributed by atoms with Crippen LogP contribution in [0.25, 0.3) is 0 Å². The normalized spacial score (nSPS) is 9.89. The molecule has 1 amide bonds. The van der Waals surface area contributed by atoms with Gasteiger partial charge in [0.2, 0.25) is 0 Å². The molecule has 7 nitrogen and oxygen atoms in total. The van der Waals surface area contributed by atoms with Crippen LogP contribution in [-0.2, 0) is 0 Å². The van der Waals surface area contributed by atoms with Gasteiger partial charge < -0.3 is 15.2 Å². The standard InChI is InChI=1S/C12H16N2O5/c15-12(16)13-7-2-1-3-8-19-11-6-4-5-10(9-11)14(17)18/h4-6,9,13H,1-3,7-8H2,(H,15,16). The number of nitro benzene ring substituents is 1. The predicted octanol–water partition coefficient (Wildman–Crippen LogP) is 2.41. The summed E-state index contributed by atoms with van der Waals surface area (Å²) >= 11 is 0. The Morgan fingerprint density at radius 2 is 2.16 bits per heavy atom. The Hall–Kier alpha value is -2.31. The molecule has 0 aliphatic heterocycles. The summed E-state index contributed by atoms with van der Waals surface area (Å²) in [5.74, 6) is 0.470. The summed E-state index contributed by atoms with van der Waals surface area (Å²) < 4.78 is 5.38. The van der Waals surface area contributed by atoms with Crippen LogP contribution in [-0.4, -0.2) is 29.3 Å². The maximum atomic E-state index is 10.6. The van der Waals surface area contributed by atoms with Crippen LogP contribution in [0.15, 0.2) is 24.3 Å². The van der Waals surface area contributed by atoms with Crippen LogP contribution in [0.4, 0.5) is 10.5 Å². The summed E-state index contributed by atoms with van der Waals surface area (Å²) in [6.07, 6.45) is 1.32. The first-order valence-electron chi connectivity index (χ1n) is 5.93. The van der Waals surface area contributed by atoms with Crippen LogP contribution in [0, 0.1) is 10.1 Å². The molecule has 7 heteroatoms. The Morgan fingerprint density at radius 1 is 1.37 bits per heavy atom. The van der Waals surface area contributed by atoms with Crippen molar-refractivity contribution < 1.29 is 19.6 Å². The summed E-state index contributed by atoms with van der Waals surface area (Å²) in [5.41, 5.74) is 0.00292. The van der Waals surface area contributed by atoms with E-state index in [9.17, 15) is 14.9 Å². The third-order valence-electron chi connectivity index (χ3n) is 2.39. The lowest BCUT2D eigenvalue weighted by Crippen LogP contribution is -2.21. The van der Waals surface area contributed by atoms with Crippen molar-refractivity contribution in [3.63, 3.8) is 0 Å². The second kappa shape index (κ2) is 7.91. The van der Waals surface area contributed by atoms with Crippen molar-refractivity contribution in [3.8, 4) is 5.75 Å². The van der Waals surface area contributed by atoms with E-state index in [2.05, 4.69) is 5.32 Å². The highest BCUT2D eigenvalue weighted by Gasteiger charge is 2.05. The smallest absolute Gasteiger partial charge is 0.404 e. The molecule has 0 aliphatic carbocycles. The number of benzene rings is 1. The third kappa shape index (κ3) is 6.25. The van der Waals surface area contributed by atoms with E-state index in [-0.39, 0.29) is 5.69 Å². The molecule has 1 aromatic carbocycles. The first-order valence-corrected chi connectivity index (χ1v) is 5.93. The summed E-state index contributed by atoms with van der Waals surface area (Å²) in [7, 11) is 0. The van der Waals surface area contributed by atoms with Crippen molar-refractivity contribution in [2.75, 3.05) is 13.2 Å². The van der Waals surface area contributed by atoms with Gasteiger partial charge in [-0.3, -0.25) is 10.1 Å². The number of nitro groups is 1. The van der Waals surface area contributed by atoms with Crippen LogP contribution in [0.3, 0.4) is 0 Å². The Morgan fingerprint density at radius 3 is 2.84 bits per heavy atom. The van der Waals surface area contributed by atoms with E-state index in [1.807, 2.05) is 0 Å². The van der Waals surface area contributed by atoms with Crippen LogP contribution in [0.5, 0.6) is 5.75 Å². The summed E-state index contributed by atoms with van der Waals surface area (Å²) in [4.78, 5) is 20.3. The van der Waals surface area contributed by atoms with Crippen molar-refractivity contribution in [2.24, 2.45) is 0 Å². The maximum absolute atomic E-state index is 10.6. The minimum Gasteiger partial charge on any atom is -0.493 e. The van der Waals surface area contributed by atoms with Gasteiger partial charge in [0.1, 0.15) is 5.75 Å². The van der Waals surface area contributed by atoms with Gasteiger partial charge in [0, 0.05) is 12.6 Å². The summed E-state index contributed by atoms with van der Waals surface area (Å²) in [5, 5.41) is 21.2. The molecule has 0 heterocycles. The lowest BCUT2D eigenvalue weighted by atomic mass is 10.2. The fourth-order valence-electron chi connectivity index (χ4n) is 1.48. The van der Waals surface area contributed by atoms with Crippen molar-refractivity contribution in [1.82, 2.24) is 5.32 Å². The fourth-order valence-corrected chi connectivity index (χ4v) is 1.48. The molecule has 0 aliphatic rings. The van der Waals surface area contributed by atoms with Gasteiger partial charge in [0.15, 0.2) is 0 Å². The van der Waals surface area contributed by atoms with E-state index in [4.69, 9.17) is 9.84 Å². The molecule has 0 unspecified atom stereocenters. The highest BCUT2D eigenvalue weighted by Crippen LogP contribution is 2.19. The molecule has 0 saturated heterocycles. The Balaban J connectivity index is 2.17. The molecule has 0 bridgehead atoms. The molecule has 2 N–H and O–H groups in total. The number of amides is 1. The SMILES string of the molecule is O=C(O)NCCCCCOc1cccc([N+](=O)[O-])c1. The van der Waals surface area contributed by atoms with Gasteiger partial charge >= 0.3 is 6.09 Å². The van der Waals surface area contributed by atoms with Crippen LogP contribution < -0.4 is 10.1 Å². The van der Waals surface area contributed by atoms with Crippen LogP contribution in [0.1, 0.15) is 19.3 Å². The van der Waals surface area contributed by atoms with Gasteiger partial charge in [-0.1, -0.05) is 6.07 Å². The van der Waals surface area contributed by atoms with Gasteiger partial charge in [-0.2, -0.15) is 0 Å². The number of nitrogens with one attached hydrogen (secondary N) is 1. The Bertz CT molecular complexity index is 436. The van der Waals surface area contributed by atoms with Crippen molar-refractivity contribution in [2.45, 2.75) is 19.3 Å². The largest absolute Gasteiger partial charge is 0.493 e. The summed E-state index contributed by atoms with van der Waals surface area (Å²) in [6.45, 7) is 0.875. The average Bonchev–Trinajstić information content (AvgIpc) is 2.37. The minimum atomic E-state index is -1.02. The molecular weight excluding hydrogens is 252 g/mol. The van der Waals surface area contributed by atoms with Gasteiger partial charge in [-0.05, 0) is 25.3 Å². The van der Waals surface area contributed by atoms with E-state index < -0.39 is 11.0 Å². The number of non-ortho nitro benzene ring substituents is 1. The first kappa shape index (κ1) is 14.7. The lowest BCUT2D eigenvalue weighted by Gasteiger charge is -2.05. The highest BCUT2D eigenvalue weighted by atomic mass is 16.6. The van der Waals surface area contributed by atoms with Crippen molar-refractivity contribution in [1.29, 1.82) is 0 Å². The number of unbranched alkanes of at least 4 members (excludes halogenated alkanes) is 2.